The van der Waals surface area contributed by atoms with E-state index in [4.69, 9.17) is 4.74 Å². The van der Waals surface area contributed by atoms with E-state index in [-0.39, 0.29) is 5.91 Å². The average molecular weight is 384 g/mol. The molecule has 148 valence electrons. The first-order valence-corrected chi connectivity index (χ1v) is 9.42. The lowest BCUT2D eigenvalue weighted by molar-refractivity contribution is -0.892. The molecule has 3 rings (SSSR count). The largest absolute Gasteiger partial charge is 0.467 e. The molecule has 1 aromatic carbocycles. The molecule has 0 saturated carbocycles. The van der Waals surface area contributed by atoms with E-state index in [0.29, 0.717) is 13.0 Å². The van der Waals surface area contributed by atoms with Crippen LogP contribution in [0.25, 0.3) is 0 Å². The fourth-order valence-corrected chi connectivity index (χ4v) is 3.31. The molecule has 1 aromatic heterocycles. The second-order valence-electron chi connectivity index (χ2n) is 6.80. The number of quaternary nitrogens is 1. The summed E-state index contributed by atoms with van der Waals surface area (Å²) in [7, 11) is 1.34. The number of ether oxygens (including phenoxy) is 1. The average Bonchev–Trinajstić information content (AvgIpc) is 2.74. The predicted octanol–water partition coefficient (Wildman–Crippen LogP) is -0.918. The first-order chi connectivity index (χ1) is 13.7. The second-order valence-corrected chi connectivity index (χ2v) is 6.80. The molecule has 2 heterocycles. The van der Waals surface area contributed by atoms with Crippen molar-refractivity contribution in [2.24, 2.45) is 0 Å². The van der Waals surface area contributed by atoms with Crippen molar-refractivity contribution in [1.29, 1.82) is 0 Å². The number of nitrogens with one attached hydrogen (secondary N) is 2. The maximum Gasteiger partial charge on any atom is 0.328 e. The van der Waals surface area contributed by atoms with Crippen LogP contribution in [0.1, 0.15) is 5.56 Å². The highest BCUT2D eigenvalue weighted by Gasteiger charge is 2.27. The third kappa shape index (κ3) is 5.50. The normalized spacial score (nSPS) is 15.7. The van der Waals surface area contributed by atoms with E-state index in [9.17, 15) is 9.59 Å². The standard InChI is InChI=1S/C20H25N5O3/c1-28-19(27)17(14-16-6-3-2-4-7-16)23-18(26)15-24-10-12-25(13-11-24)20-21-8-5-9-22-20/h2-9,17H,10-15H2,1H3,(H,23,26)/p+1/t17-/m1/s1. The summed E-state index contributed by atoms with van der Waals surface area (Å²) in [6.45, 7) is 3.53. The molecule has 8 heteroatoms. The summed E-state index contributed by atoms with van der Waals surface area (Å²) in [5.74, 6) is 0.142. The van der Waals surface area contributed by atoms with Crippen LogP contribution in [0.15, 0.2) is 48.8 Å². The lowest BCUT2D eigenvalue weighted by Crippen LogP contribution is -3.16. The number of hydrogen-bond donors (Lipinski definition) is 2. The quantitative estimate of drug-likeness (QED) is 0.601. The number of hydrogen-bond acceptors (Lipinski definition) is 6. The number of esters is 1. The van der Waals surface area contributed by atoms with Crippen LogP contribution in [0, 0.1) is 0 Å². The van der Waals surface area contributed by atoms with Crippen molar-refractivity contribution in [1.82, 2.24) is 15.3 Å². The molecule has 0 unspecified atom stereocenters. The highest BCUT2D eigenvalue weighted by Crippen LogP contribution is 2.05. The van der Waals surface area contributed by atoms with Gasteiger partial charge in [0.15, 0.2) is 6.54 Å². The van der Waals surface area contributed by atoms with Gasteiger partial charge in [0.1, 0.15) is 6.04 Å². The number of rotatable bonds is 7. The number of aromatic nitrogens is 2. The van der Waals surface area contributed by atoms with Crippen molar-refractivity contribution in [3.05, 3.63) is 54.4 Å². The Kier molecular flexibility index (Phi) is 6.91. The smallest absolute Gasteiger partial charge is 0.328 e. The Hall–Kier alpha value is -3.00. The van der Waals surface area contributed by atoms with Crippen molar-refractivity contribution in [2.45, 2.75) is 12.5 Å². The molecule has 8 nitrogen and oxygen atoms in total. The number of carbonyl (C=O) groups is 2. The second kappa shape index (κ2) is 9.80. The molecule has 1 atom stereocenters. The number of nitrogens with zero attached hydrogens (tertiary/aromatic N) is 3. The SMILES string of the molecule is COC(=O)[C@@H](Cc1ccccc1)NC(=O)C[NH+]1CCN(c2ncccn2)CC1. The van der Waals surface area contributed by atoms with Gasteiger partial charge in [0, 0.05) is 18.8 Å². The molecule has 28 heavy (non-hydrogen) atoms. The Bertz CT molecular complexity index is 764. The lowest BCUT2D eigenvalue weighted by atomic mass is 10.1. The van der Waals surface area contributed by atoms with E-state index in [1.165, 1.54) is 12.0 Å². The van der Waals surface area contributed by atoms with Crippen LogP contribution in [0.5, 0.6) is 0 Å². The van der Waals surface area contributed by atoms with E-state index in [2.05, 4.69) is 20.2 Å². The summed E-state index contributed by atoms with van der Waals surface area (Å²) >= 11 is 0. The number of piperazine rings is 1. The summed E-state index contributed by atoms with van der Waals surface area (Å²) in [5.41, 5.74) is 0.974. The van der Waals surface area contributed by atoms with Crippen LogP contribution in [0.2, 0.25) is 0 Å². The van der Waals surface area contributed by atoms with Crippen molar-refractivity contribution in [2.75, 3.05) is 44.7 Å². The molecule has 1 aliphatic rings. The number of benzene rings is 1. The molecule has 0 bridgehead atoms. The maximum absolute atomic E-state index is 12.5. The molecule has 1 aliphatic heterocycles. The number of methoxy groups -OCH3 is 1. The maximum atomic E-state index is 12.5. The Balaban J connectivity index is 1.50. The number of carbonyl (C=O) groups excluding carboxylic acids is 2. The van der Waals surface area contributed by atoms with Gasteiger partial charge in [-0.05, 0) is 11.6 Å². The van der Waals surface area contributed by atoms with Gasteiger partial charge in [-0.3, -0.25) is 4.79 Å². The minimum absolute atomic E-state index is 0.147. The summed E-state index contributed by atoms with van der Waals surface area (Å²) < 4.78 is 4.86. The monoisotopic (exact) mass is 384 g/mol. The number of anilines is 1. The molecular weight excluding hydrogens is 358 g/mol. The zero-order valence-corrected chi connectivity index (χ0v) is 16.0. The highest BCUT2D eigenvalue weighted by molar-refractivity contribution is 5.85. The van der Waals surface area contributed by atoms with E-state index in [0.717, 1.165) is 37.7 Å². The van der Waals surface area contributed by atoms with Gasteiger partial charge in [-0.2, -0.15) is 0 Å². The van der Waals surface area contributed by atoms with Crippen molar-refractivity contribution in [3.8, 4) is 0 Å². The molecule has 2 N–H and O–H groups in total. The van der Waals surface area contributed by atoms with E-state index >= 15 is 0 Å². The minimum Gasteiger partial charge on any atom is -0.467 e. The van der Waals surface area contributed by atoms with Crippen molar-refractivity contribution < 1.29 is 19.2 Å². The van der Waals surface area contributed by atoms with Gasteiger partial charge in [-0.15, -0.1) is 0 Å². The first-order valence-electron chi connectivity index (χ1n) is 9.42. The van der Waals surface area contributed by atoms with Crippen LogP contribution in [-0.4, -0.2) is 67.7 Å². The minimum atomic E-state index is -0.682. The predicted molar refractivity (Wildman–Crippen MR) is 104 cm³/mol. The first kappa shape index (κ1) is 19.8. The molecule has 0 spiro atoms. The van der Waals surface area contributed by atoms with Crippen LogP contribution in [-0.2, 0) is 20.7 Å². The Morgan fingerprint density at radius 2 is 1.82 bits per heavy atom. The Labute approximate surface area is 164 Å². The van der Waals surface area contributed by atoms with Gasteiger partial charge in [-0.1, -0.05) is 30.3 Å². The number of amides is 1. The van der Waals surface area contributed by atoms with Crippen molar-refractivity contribution in [3.63, 3.8) is 0 Å². The van der Waals surface area contributed by atoms with Gasteiger partial charge in [-0.25, -0.2) is 14.8 Å². The molecule has 0 radical (unpaired) electrons. The summed E-state index contributed by atoms with van der Waals surface area (Å²) in [5, 5.41) is 2.83. The third-order valence-corrected chi connectivity index (χ3v) is 4.82. The molecule has 1 saturated heterocycles. The van der Waals surface area contributed by atoms with E-state index in [1.807, 2.05) is 30.3 Å². The van der Waals surface area contributed by atoms with Gasteiger partial charge in [0.05, 0.1) is 33.3 Å². The van der Waals surface area contributed by atoms with Crippen molar-refractivity contribution >= 4 is 17.8 Å². The zero-order chi connectivity index (χ0) is 19.8. The Morgan fingerprint density at radius 1 is 1.14 bits per heavy atom. The van der Waals surface area contributed by atoms with Crippen LogP contribution < -0.4 is 15.1 Å². The van der Waals surface area contributed by atoms with E-state index < -0.39 is 12.0 Å². The Morgan fingerprint density at radius 3 is 2.46 bits per heavy atom. The van der Waals surface area contributed by atoms with Gasteiger partial charge < -0.3 is 19.9 Å². The molecule has 1 amide bonds. The van der Waals surface area contributed by atoms with Crippen LogP contribution in [0.3, 0.4) is 0 Å². The summed E-state index contributed by atoms with van der Waals surface area (Å²) in [6, 6.07) is 10.7. The van der Waals surface area contributed by atoms with Crippen LogP contribution >= 0.6 is 0 Å². The summed E-state index contributed by atoms with van der Waals surface area (Å²) in [4.78, 5) is 36.4. The highest BCUT2D eigenvalue weighted by atomic mass is 16.5. The van der Waals surface area contributed by atoms with E-state index in [1.54, 1.807) is 18.5 Å². The zero-order valence-electron chi connectivity index (χ0n) is 16.0. The molecular formula is C20H26N5O3+. The van der Waals surface area contributed by atoms with Gasteiger partial charge in [0.2, 0.25) is 5.95 Å². The topological polar surface area (TPSA) is 88.9 Å². The van der Waals surface area contributed by atoms with Gasteiger partial charge >= 0.3 is 5.97 Å². The summed E-state index contributed by atoms with van der Waals surface area (Å²) in [6.07, 6.45) is 3.87. The van der Waals surface area contributed by atoms with Crippen LogP contribution in [0.4, 0.5) is 5.95 Å². The molecule has 1 fully saturated rings. The van der Waals surface area contributed by atoms with Gasteiger partial charge in [0.25, 0.3) is 5.91 Å². The molecule has 2 aromatic rings. The molecule has 0 aliphatic carbocycles. The fourth-order valence-electron chi connectivity index (χ4n) is 3.31. The third-order valence-electron chi connectivity index (χ3n) is 4.82. The lowest BCUT2D eigenvalue weighted by Gasteiger charge is -2.32. The fraction of sp³-hybridized carbons (Fsp3) is 0.400.